The van der Waals surface area contributed by atoms with Crippen LogP contribution < -0.4 is 20.1 Å². The molecular formula is C21H26N2O4S. The largest absolute Gasteiger partial charge is 0.497 e. The lowest BCUT2D eigenvalue weighted by Gasteiger charge is -2.22. The van der Waals surface area contributed by atoms with E-state index >= 15 is 0 Å². The average Bonchev–Trinajstić information content (AvgIpc) is 2.71. The third kappa shape index (κ3) is 5.66. The predicted molar refractivity (Wildman–Crippen MR) is 112 cm³/mol. The highest BCUT2D eigenvalue weighted by molar-refractivity contribution is 7.98. The van der Waals surface area contributed by atoms with E-state index in [2.05, 4.69) is 10.6 Å². The highest BCUT2D eigenvalue weighted by Gasteiger charge is 2.25. The molecule has 0 aromatic heterocycles. The molecule has 6 nitrogen and oxygen atoms in total. The molecule has 150 valence electrons. The summed E-state index contributed by atoms with van der Waals surface area (Å²) in [5.41, 5.74) is 1.05. The zero-order chi connectivity index (χ0) is 20.7. The van der Waals surface area contributed by atoms with Crippen molar-refractivity contribution in [2.24, 2.45) is 5.92 Å². The van der Waals surface area contributed by atoms with Crippen LogP contribution in [0.3, 0.4) is 0 Å². The molecule has 2 N–H and O–H groups in total. The number of rotatable bonds is 8. The van der Waals surface area contributed by atoms with Crippen LogP contribution in [0.25, 0.3) is 0 Å². The van der Waals surface area contributed by atoms with Crippen molar-refractivity contribution in [3.05, 3.63) is 48.0 Å². The Kier molecular flexibility index (Phi) is 7.75. The SMILES string of the molecule is COc1cc(OC)cc(C(=O)NC(C(=O)Nc2ccc(SC)cc2)C(C)C)c1. The maximum atomic E-state index is 12.7. The van der Waals surface area contributed by atoms with E-state index in [1.54, 1.807) is 30.0 Å². The Morgan fingerprint density at radius 2 is 1.54 bits per heavy atom. The fraction of sp³-hybridized carbons (Fsp3) is 0.333. The number of anilines is 1. The number of thioether (sulfide) groups is 1. The van der Waals surface area contributed by atoms with Crippen LogP contribution >= 0.6 is 11.8 Å². The number of amides is 2. The number of ether oxygens (including phenoxy) is 2. The molecule has 0 aliphatic carbocycles. The van der Waals surface area contributed by atoms with Gasteiger partial charge >= 0.3 is 0 Å². The Morgan fingerprint density at radius 1 is 0.964 bits per heavy atom. The Morgan fingerprint density at radius 3 is 2.00 bits per heavy atom. The first kappa shape index (κ1) is 21.6. The van der Waals surface area contributed by atoms with Crippen molar-refractivity contribution in [3.63, 3.8) is 0 Å². The van der Waals surface area contributed by atoms with Crippen molar-refractivity contribution < 1.29 is 19.1 Å². The molecule has 2 amide bonds. The summed E-state index contributed by atoms with van der Waals surface area (Å²) in [4.78, 5) is 26.6. The highest BCUT2D eigenvalue weighted by atomic mass is 32.2. The zero-order valence-electron chi connectivity index (χ0n) is 16.7. The van der Waals surface area contributed by atoms with E-state index in [0.717, 1.165) is 4.90 Å². The van der Waals surface area contributed by atoms with E-state index in [0.29, 0.717) is 22.7 Å². The molecule has 0 spiro atoms. The van der Waals surface area contributed by atoms with Crippen molar-refractivity contribution >= 4 is 29.3 Å². The topological polar surface area (TPSA) is 76.7 Å². The first-order chi connectivity index (χ1) is 13.4. The van der Waals surface area contributed by atoms with Crippen LogP contribution in [0.1, 0.15) is 24.2 Å². The van der Waals surface area contributed by atoms with Crippen LogP contribution in [0, 0.1) is 5.92 Å². The summed E-state index contributed by atoms with van der Waals surface area (Å²) in [5.74, 6) is 0.272. The molecule has 0 fully saturated rings. The van der Waals surface area contributed by atoms with Crippen molar-refractivity contribution in [2.45, 2.75) is 24.8 Å². The fourth-order valence-corrected chi connectivity index (χ4v) is 3.00. The number of hydrogen-bond acceptors (Lipinski definition) is 5. The van der Waals surface area contributed by atoms with Gasteiger partial charge in [0.25, 0.3) is 5.91 Å². The van der Waals surface area contributed by atoms with E-state index in [4.69, 9.17) is 9.47 Å². The third-order valence-electron chi connectivity index (χ3n) is 4.21. The Labute approximate surface area is 170 Å². The lowest BCUT2D eigenvalue weighted by molar-refractivity contribution is -0.118. The minimum Gasteiger partial charge on any atom is -0.497 e. The van der Waals surface area contributed by atoms with Gasteiger partial charge in [-0.15, -0.1) is 11.8 Å². The molecule has 0 bridgehead atoms. The molecule has 0 saturated heterocycles. The van der Waals surface area contributed by atoms with Gasteiger partial charge in [-0.3, -0.25) is 9.59 Å². The standard InChI is InChI=1S/C21H26N2O4S/c1-13(2)19(21(25)22-15-6-8-18(28-5)9-7-15)23-20(24)14-10-16(26-3)12-17(11-14)27-4/h6-13,19H,1-5H3,(H,22,25)(H,23,24). The van der Waals surface area contributed by atoms with Crippen LogP contribution in [0.5, 0.6) is 11.5 Å². The number of carbonyl (C=O) groups excluding carboxylic acids is 2. The van der Waals surface area contributed by atoms with Crippen molar-refractivity contribution in [1.82, 2.24) is 5.32 Å². The molecule has 0 radical (unpaired) electrons. The Hall–Kier alpha value is -2.67. The number of hydrogen-bond donors (Lipinski definition) is 2. The van der Waals surface area contributed by atoms with E-state index in [9.17, 15) is 9.59 Å². The minimum absolute atomic E-state index is 0.0954. The summed E-state index contributed by atoms with van der Waals surface area (Å²) in [7, 11) is 3.03. The first-order valence-electron chi connectivity index (χ1n) is 8.86. The van der Waals surface area contributed by atoms with Gasteiger partial charge in [-0.2, -0.15) is 0 Å². The summed E-state index contributed by atoms with van der Waals surface area (Å²) >= 11 is 1.63. The highest BCUT2D eigenvalue weighted by Crippen LogP contribution is 2.23. The van der Waals surface area contributed by atoms with Gasteiger partial charge in [0.2, 0.25) is 5.91 Å². The first-order valence-corrected chi connectivity index (χ1v) is 10.1. The molecule has 2 rings (SSSR count). The molecule has 0 heterocycles. The summed E-state index contributed by atoms with van der Waals surface area (Å²) in [5, 5.41) is 5.68. The van der Waals surface area contributed by atoms with Gasteiger partial charge in [0, 0.05) is 22.2 Å². The van der Waals surface area contributed by atoms with Crippen molar-refractivity contribution in [1.29, 1.82) is 0 Å². The molecule has 0 aliphatic rings. The van der Waals surface area contributed by atoms with Crippen LogP contribution in [0.15, 0.2) is 47.4 Å². The van der Waals surface area contributed by atoms with E-state index in [1.807, 2.05) is 44.4 Å². The summed E-state index contributed by atoms with van der Waals surface area (Å²) in [6.07, 6.45) is 1.99. The third-order valence-corrected chi connectivity index (χ3v) is 4.95. The lowest BCUT2D eigenvalue weighted by Crippen LogP contribution is -2.47. The smallest absolute Gasteiger partial charge is 0.252 e. The van der Waals surface area contributed by atoms with Crippen LogP contribution in [-0.4, -0.2) is 38.3 Å². The second-order valence-electron chi connectivity index (χ2n) is 6.51. The number of nitrogens with one attached hydrogen (secondary N) is 2. The van der Waals surface area contributed by atoms with Gasteiger partial charge in [0.1, 0.15) is 17.5 Å². The number of benzene rings is 2. The van der Waals surface area contributed by atoms with Gasteiger partial charge in [0.15, 0.2) is 0 Å². The van der Waals surface area contributed by atoms with Crippen LogP contribution in [-0.2, 0) is 4.79 Å². The maximum Gasteiger partial charge on any atom is 0.252 e. The quantitative estimate of drug-likeness (QED) is 0.657. The number of carbonyl (C=O) groups is 2. The Balaban J connectivity index is 2.14. The minimum atomic E-state index is -0.690. The predicted octanol–water partition coefficient (Wildman–Crippen LogP) is 3.82. The Bertz CT molecular complexity index is 799. The second-order valence-corrected chi connectivity index (χ2v) is 7.39. The molecule has 0 saturated carbocycles. The van der Waals surface area contributed by atoms with Gasteiger partial charge in [-0.05, 0) is 48.6 Å². The van der Waals surface area contributed by atoms with Gasteiger partial charge in [-0.1, -0.05) is 13.8 Å². The van der Waals surface area contributed by atoms with Gasteiger partial charge in [-0.25, -0.2) is 0 Å². The molecule has 2 aromatic carbocycles. The van der Waals surface area contributed by atoms with Crippen molar-refractivity contribution in [3.8, 4) is 11.5 Å². The van der Waals surface area contributed by atoms with Gasteiger partial charge in [0.05, 0.1) is 14.2 Å². The zero-order valence-corrected chi connectivity index (χ0v) is 17.6. The van der Waals surface area contributed by atoms with Gasteiger partial charge < -0.3 is 20.1 Å². The van der Waals surface area contributed by atoms with E-state index < -0.39 is 6.04 Å². The van der Waals surface area contributed by atoms with E-state index in [1.165, 1.54) is 14.2 Å². The van der Waals surface area contributed by atoms with Crippen LogP contribution in [0.4, 0.5) is 5.69 Å². The van der Waals surface area contributed by atoms with E-state index in [-0.39, 0.29) is 17.7 Å². The molecule has 1 unspecified atom stereocenters. The van der Waals surface area contributed by atoms with Crippen LogP contribution in [0.2, 0.25) is 0 Å². The molecule has 28 heavy (non-hydrogen) atoms. The van der Waals surface area contributed by atoms with Crippen molar-refractivity contribution in [2.75, 3.05) is 25.8 Å². The molecular weight excluding hydrogens is 376 g/mol. The average molecular weight is 403 g/mol. The molecule has 7 heteroatoms. The second kappa shape index (κ2) is 10.0. The summed E-state index contributed by atoms with van der Waals surface area (Å²) < 4.78 is 10.4. The molecule has 0 aliphatic heterocycles. The lowest BCUT2D eigenvalue weighted by atomic mass is 10.0. The maximum absolute atomic E-state index is 12.7. The summed E-state index contributed by atoms with van der Waals surface area (Å²) in [6, 6.07) is 11.8. The molecule has 1 atom stereocenters. The fourth-order valence-electron chi connectivity index (χ4n) is 2.59. The normalized spacial score (nSPS) is 11.6. The molecule has 2 aromatic rings. The summed E-state index contributed by atoms with van der Waals surface area (Å²) in [6.45, 7) is 3.76. The monoisotopic (exact) mass is 402 g/mol. The number of methoxy groups -OCH3 is 2.